The number of fused-ring (bicyclic) bond motifs is 1. The molecule has 2 aromatic heterocycles. The molecule has 3 N–H and O–H groups in total. The molecule has 0 radical (unpaired) electrons. The zero-order valence-corrected chi connectivity index (χ0v) is 10.6. The number of imidazole rings is 1. The number of nitrogen functional groups attached to an aromatic ring is 1. The van der Waals surface area contributed by atoms with Crippen LogP contribution in [0.5, 0.6) is 0 Å². The third-order valence-corrected chi connectivity index (χ3v) is 3.02. The second-order valence-corrected chi connectivity index (χ2v) is 4.17. The number of hydrogen-bond acceptors (Lipinski definition) is 6. The lowest BCUT2D eigenvalue weighted by Crippen LogP contribution is -2.14. The van der Waals surface area contributed by atoms with Gasteiger partial charge in [-0.3, -0.25) is 4.57 Å². The quantitative estimate of drug-likeness (QED) is 0.612. The Bertz CT molecular complexity index is 627. The van der Waals surface area contributed by atoms with Crippen LogP contribution in [0.25, 0.3) is 11.2 Å². The second-order valence-electron chi connectivity index (χ2n) is 4.17. The Hall–Kier alpha value is -2.24. The Morgan fingerprint density at radius 1 is 1.45 bits per heavy atom. The number of aromatic nitrogens is 4. The van der Waals surface area contributed by atoms with Crippen LogP contribution in [0.3, 0.4) is 0 Å². The molecule has 0 spiro atoms. The molecule has 106 valence electrons. The first kappa shape index (κ1) is 14.2. The molecule has 0 aliphatic carbocycles. The van der Waals surface area contributed by atoms with Crippen molar-refractivity contribution in [3.8, 4) is 12.8 Å². The van der Waals surface area contributed by atoms with Crippen LogP contribution in [-0.4, -0.2) is 37.3 Å². The van der Waals surface area contributed by atoms with Gasteiger partial charge in [-0.25, -0.2) is 4.98 Å². The first-order chi connectivity index (χ1) is 9.69. The fraction of sp³-hybridized carbons (Fsp3) is 0.417. The minimum Gasteiger partial charge on any atom is -0.394 e. The molecule has 2 unspecified atom stereocenters. The van der Waals surface area contributed by atoms with Crippen LogP contribution < -0.4 is 5.73 Å². The lowest BCUT2D eigenvalue weighted by molar-refractivity contribution is -0.0207. The molecule has 20 heavy (non-hydrogen) atoms. The van der Waals surface area contributed by atoms with Gasteiger partial charge in [0.05, 0.1) is 19.0 Å². The molecular formula is C12H14FN5O2. The molecule has 3 rings (SSSR count). The van der Waals surface area contributed by atoms with E-state index in [0.717, 1.165) is 6.42 Å². The minimum atomic E-state index is -0.890. The third kappa shape index (κ3) is 2.41. The van der Waals surface area contributed by atoms with Crippen LogP contribution in [0.2, 0.25) is 0 Å². The van der Waals surface area contributed by atoms with Crippen molar-refractivity contribution < 1.29 is 14.2 Å². The molecule has 2 aromatic rings. The van der Waals surface area contributed by atoms with Crippen LogP contribution in [0.4, 0.5) is 10.2 Å². The summed E-state index contributed by atoms with van der Waals surface area (Å²) in [6.07, 6.45) is 9.56. The number of nitrogens with zero attached hydrogens (tertiary/aromatic N) is 4. The first-order valence-corrected chi connectivity index (χ1v) is 5.94. The second kappa shape index (κ2) is 5.81. The molecule has 1 aliphatic heterocycles. The number of ether oxygens (including phenoxy) is 1. The van der Waals surface area contributed by atoms with Gasteiger partial charge in [0, 0.05) is 0 Å². The Kier molecular flexibility index (Phi) is 4.12. The fourth-order valence-electron chi connectivity index (χ4n) is 2.15. The van der Waals surface area contributed by atoms with Crippen molar-refractivity contribution in [3.63, 3.8) is 0 Å². The van der Waals surface area contributed by atoms with E-state index in [9.17, 15) is 4.39 Å². The molecule has 1 aliphatic rings. The van der Waals surface area contributed by atoms with Crippen molar-refractivity contribution >= 4 is 17.0 Å². The Morgan fingerprint density at radius 3 is 2.85 bits per heavy atom. The number of aliphatic hydroxyl groups is 1. The number of halogens is 1. The summed E-state index contributed by atoms with van der Waals surface area (Å²) in [5.74, 6) is 0.00737. The van der Waals surface area contributed by atoms with E-state index < -0.39 is 6.08 Å². The minimum absolute atomic E-state index is 0.00737. The van der Waals surface area contributed by atoms with E-state index in [-0.39, 0.29) is 24.8 Å². The number of rotatable bonds is 2. The Labute approximate surface area is 114 Å². The average Bonchev–Trinajstić information content (AvgIpc) is 3.06. The largest absolute Gasteiger partial charge is 0.394 e. The van der Waals surface area contributed by atoms with Crippen LogP contribution >= 0.6 is 0 Å². The van der Waals surface area contributed by atoms with Gasteiger partial charge >= 0.3 is 6.08 Å². The highest BCUT2D eigenvalue weighted by Gasteiger charge is 2.27. The first-order valence-electron chi connectivity index (χ1n) is 5.94. The number of aliphatic hydroxyl groups excluding tert-OH is 1. The van der Waals surface area contributed by atoms with Gasteiger partial charge in [-0.2, -0.15) is 14.4 Å². The van der Waals surface area contributed by atoms with Crippen LogP contribution in [-0.2, 0) is 4.74 Å². The van der Waals surface area contributed by atoms with Gasteiger partial charge in [0.15, 0.2) is 17.0 Å². The van der Waals surface area contributed by atoms with Gasteiger partial charge in [-0.15, -0.1) is 12.8 Å². The van der Waals surface area contributed by atoms with Gasteiger partial charge in [0.25, 0.3) is 0 Å². The highest BCUT2D eigenvalue weighted by atomic mass is 19.1. The topological polar surface area (TPSA) is 99.1 Å². The molecule has 8 heteroatoms. The van der Waals surface area contributed by atoms with E-state index >= 15 is 0 Å². The number of terminal acetylenes is 1. The normalized spacial score (nSPS) is 21.6. The van der Waals surface area contributed by atoms with Crippen molar-refractivity contribution in [2.45, 2.75) is 25.2 Å². The van der Waals surface area contributed by atoms with Gasteiger partial charge in [0.2, 0.25) is 0 Å². The summed E-state index contributed by atoms with van der Waals surface area (Å²) in [4.78, 5) is 11.2. The van der Waals surface area contributed by atoms with Crippen molar-refractivity contribution in [2.75, 3.05) is 12.3 Å². The molecule has 0 aromatic carbocycles. The number of nitrogens with two attached hydrogens (primary N) is 1. The Balaban J connectivity index is 0.000000704. The predicted octanol–water partition coefficient (Wildman–Crippen LogP) is 0.467. The van der Waals surface area contributed by atoms with Crippen molar-refractivity contribution in [1.82, 2.24) is 19.5 Å². The smallest absolute Gasteiger partial charge is 0.312 e. The van der Waals surface area contributed by atoms with Gasteiger partial charge in [-0.05, 0) is 12.8 Å². The molecule has 1 saturated heterocycles. The molecular weight excluding hydrogens is 265 g/mol. The van der Waals surface area contributed by atoms with E-state index in [1.54, 1.807) is 4.57 Å². The fourth-order valence-corrected chi connectivity index (χ4v) is 2.15. The highest BCUT2D eigenvalue weighted by Crippen LogP contribution is 2.30. The SMILES string of the molecule is C#C.Nc1nc(F)nc2c1ncn2C1CCC(CO)O1. The summed E-state index contributed by atoms with van der Waals surface area (Å²) in [6, 6.07) is 0. The molecule has 2 atom stereocenters. The third-order valence-electron chi connectivity index (χ3n) is 3.02. The molecule has 3 heterocycles. The Morgan fingerprint density at radius 2 is 2.20 bits per heavy atom. The molecule has 0 saturated carbocycles. The predicted molar refractivity (Wildman–Crippen MR) is 69.8 cm³/mol. The van der Waals surface area contributed by atoms with Crippen LogP contribution in [0.15, 0.2) is 6.33 Å². The average molecular weight is 279 g/mol. The highest BCUT2D eigenvalue weighted by molar-refractivity contribution is 5.81. The van der Waals surface area contributed by atoms with Crippen molar-refractivity contribution in [3.05, 3.63) is 12.4 Å². The maximum absolute atomic E-state index is 13.2. The number of anilines is 1. The van der Waals surface area contributed by atoms with Crippen molar-refractivity contribution in [2.24, 2.45) is 0 Å². The molecule has 7 nitrogen and oxygen atoms in total. The summed E-state index contributed by atoms with van der Waals surface area (Å²) in [7, 11) is 0. The zero-order valence-electron chi connectivity index (χ0n) is 10.6. The summed E-state index contributed by atoms with van der Waals surface area (Å²) in [6.45, 7) is -0.0331. The lowest BCUT2D eigenvalue weighted by Gasteiger charge is -2.13. The van der Waals surface area contributed by atoms with Crippen LogP contribution in [0, 0.1) is 18.9 Å². The van der Waals surface area contributed by atoms with E-state index in [2.05, 4.69) is 27.8 Å². The van der Waals surface area contributed by atoms with Crippen molar-refractivity contribution in [1.29, 1.82) is 0 Å². The van der Waals surface area contributed by atoms with E-state index in [1.165, 1.54) is 6.33 Å². The standard InChI is InChI=1S/C10H12FN5O2.C2H2/c11-10-14-8(12)7-9(15-10)16(4-13-7)6-2-1-5(3-17)18-6;1-2/h4-6,17H,1-3H2,(H2,12,14,15);1-2H. The number of hydrogen-bond donors (Lipinski definition) is 2. The maximum atomic E-state index is 13.2. The summed E-state index contributed by atoms with van der Waals surface area (Å²) < 4.78 is 20.4. The van der Waals surface area contributed by atoms with Crippen LogP contribution in [0.1, 0.15) is 19.1 Å². The summed E-state index contributed by atoms with van der Waals surface area (Å²) >= 11 is 0. The zero-order chi connectivity index (χ0) is 14.7. The van der Waals surface area contributed by atoms with E-state index in [0.29, 0.717) is 17.6 Å². The maximum Gasteiger partial charge on any atom is 0.312 e. The van der Waals surface area contributed by atoms with E-state index in [1.807, 2.05) is 0 Å². The summed E-state index contributed by atoms with van der Waals surface area (Å²) in [5, 5.41) is 9.03. The van der Waals surface area contributed by atoms with Gasteiger partial charge in [-0.1, -0.05) is 0 Å². The molecule has 0 amide bonds. The molecule has 0 bridgehead atoms. The lowest BCUT2D eigenvalue weighted by atomic mass is 10.2. The van der Waals surface area contributed by atoms with Gasteiger partial charge < -0.3 is 15.6 Å². The summed E-state index contributed by atoms with van der Waals surface area (Å²) in [5.41, 5.74) is 6.24. The van der Waals surface area contributed by atoms with Gasteiger partial charge in [0.1, 0.15) is 6.23 Å². The van der Waals surface area contributed by atoms with E-state index in [4.69, 9.17) is 15.6 Å². The monoisotopic (exact) mass is 279 g/mol. The molecule has 1 fully saturated rings.